The summed E-state index contributed by atoms with van der Waals surface area (Å²) in [5.74, 6) is 1.29. The number of rotatable bonds is 9. The number of aromatic amines is 1. The highest BCUT2D eigenvalue weighted by Gasteiger charge is 2.45. The van der Waals surface area contributed by atoms with Gasteiger partial charge in [0.15, 0.2) is 0 Å². The largest absolute Gasteiger partial charge is 0.421 e. The number of carbonyl (C=O) groups is 2. The fourth-order valence-corrected chi connectivity index (χ4v) is 7.61. The number of halogens is 1. The molecule has 3 aromatic carbocycles. The monoisotopic (exact) mass is 667 g/mol. The Morgan fingerprint density at radius 1 is 1.02 bits per heavy atom. The van der Waals surface area contributed by atoms with E-state index >= 15 is 0 Å². The number of aromatic nitrogens is 4. The number of amides is 2. The summed E-state index contributed by atoms with van der Waals surface area (Å²) < 4.78 is 18.5. The summed E-state index contributed by atoms with van der Waals surface area (Å²) in [4.78, 5) is 31.2. The molecule has 0 saturated carbocycles. The van der Waals surface area contributed by atoms with Gasteiger partial charge in [0.2, 0.25) is 23.6 Å². The third kappa shape index (κ3) is 6.46. The van der Waals surface area contributed by atoms with Crippen LogP contribution >= 0.6 is 11.8 Å². The number of carbonyl (C=O) groups excluding carboxylic acids is 2. The molecule has 0 radical (unpaired) electrons. The average Bonchev–Trinajstić information content (AvgIpc) is 3.88. The van der Waals surface area contributed by atoms with Crippen molar-refractivity contribution >= 4 is 40.2 Å². The summed E-state index contributed by atoms with van der Waals surface area (Å²) in [6.07, 6.45) is 5.14. The van der Waals surface area contributed by atoms with E-state index in [4.69, 9.17) is 4.42 Å². The molecule has 2 saturated heterocycles. The fourth-order valence-electron chi connectivity index (χ4n) is 6.77. The van der Waals surface area contributed by atoms with Crippen LogP contribution < -0.4 is 5.32 Å². The van der Waals surface area contributed by atoms with Crippen molar-refractivity contribution in [3.63, 3.8) is 0 Å². The van der Waals surface area contributed by atoms with E-state index in [-0.39, 0.29) is 17.6 Å². The first kappa shape index (κ1) is 32.0. The molecule has 2 fully saturated rings. The number of aryl methyl sites for hydroxylation is 1. The Balaban J connectivity index is 0.932. The van der Waals surface area contributed by atoms with E-state index in [0.717, 1.165) is 34.9 Å². The molecule has 0 spiro atoms. The molecule has 12 heteroatoms. The minimum atomic E-state index is -0.663. The second-order valence-corrected chi connectivity index (χ2v) is 13.8. The summed E-state index contributed by atoms with van der Waals surface area (Å²) in [7, 11) is 0. The Hall–Kier alpha value is -4.55. The molecule has 2 aliphatic heterocycles. The summed E-state index contributed by atoms with van der Waals surface area (Å²) in [6.45, 7) is 4.90. The predicted molar refractivity (Wildman–Crippen MR) is 185 cm³/mol. The zero-order valence-electron chi connectivity index (χ0n) is 27.0. The number of nitrogens with zero attached hydrogens (tertiary/aromatic N) is 5. The van der Waals surface area contributed by atoms with Gasteiger partial charge in [-0.1, -0.05) is 19.1 Å². The number of piperidine rings is 1. The van der Waals surface area contributed by atoms with Crippen molar-refractivity contribution in [3.8, 4) is 22.7 Å². The Morgan fingerprint density at radius 3 is 2.48 bits per heavy atom. The average molecular weight is 668 g/mol. The van der Waals surface area contributed by atoms with Crippen LogP contribution in [0.5, 0.6) is 0 Å². The van der Waals surface area contributed by atoms with Crippen molar-refractivity contribution in [1.82, 2.24) is 30.2 Å². The van der Waals surface area contributed by atoms with Crippen molar-refractivity contribution in [3.05, 3.63) is 84.0 Å². The molecule has 7 rings (SSSR count). The Labute approximate surface area is 282 Å². The van der Waals surface area contributed by atoms with E-state index in [9.17, 15) is 14.0 Å². The third-order valence-corrected chi connectivity index (χ3v) is 11.0. The van der Waals surface area contributed by atoms with Gasteiger partial charge in [0, 0.05) is 54.8 Å². The second kappa shape index (κ2) is 13.5. The smallest absolute Gasteiger partial charge is 0.247 e. The van der Waals surface area contributed by atoms with E-state index in [0.29, 0.717) is 74.6 Å². The number of fused-ring (bicyclic) bond motifs is 1. The van der Waals surface area contributed by atoms with E-state index in [1.54, 1.807) is 12.1 Å². The first-order chi connectivity index (χ1) is 23.3. The Kier molecular flexibility index (Phi) is 9.02. The molecule has 2 aliphatic rings. The van der Waals surface area contributed by atoms with E-state index in [1.807, 2.05) is 48.4 Å². The van der Waals surface area contributed by atoms with E-state index in [1.165, 1.54) is 29.5 Å². The van der Waals surface area contributed by atoms with Gasteiger partial charge in [-0.05, 0) is 91.6 Å². The van der Waals surface area contributed by atoms with Crippen LogP contribution in [0, 0.1) is 5.82 Å². The van der Waals surface area contributed by atoms with Gasteiger partial charge in [-0.15, -0.1) is 22.0 Å². The van der Waals surface area contributed by atoms with Crippen molar-refractivity contribution < 1.29 is 18.4 Å². The molecule has 10 nitrogen and oxygen atoms in total. The molecule has 2 aromatic heterocycles. The number of likely N-dealkylation sites (tertiary alicyclic amines) is 2. The highest BCUT2D eigenvalue weighted by atomic mass is 32.2. The molecule has 248 valence electrons. The molecule has 0 bridgehead atoms. The van der Waals surface area contributed by atoms with Crippen molar-refractivity contribution in [2.75, 3.05) is 44.3 Å². The molecule has 48 heavy (non-hydrogen) atoms. The highest BCUT2D eigenvalue weighted by Crippen LogP contribution is 2.36. The molecule has 1 atom stereocenters. The van der Waals surface area contributed by atoms with Gasteiger partial charge in [0.05, 0.1) is 17.8 Å². The third-order valence-electron chi connectivity index (χ3n) is 9.66. The Morgan fingerprint density at radius 2 is 1.77 bits per heavy atom. The molecule has 4 heterocycles. The molecule has 0 unspecified atom stereocenters. The number of hydrogen-bond donors (Lipinski definition) is 2. The number of H-pyrrole nitrogens is 1. The van der Waals surface area contributed by atoms with Gasteiger partial charge >= 0.3 is 0 Å². The maximum Gasteiger partial charge on any atom is 0.247 e. The van der Waals surface area contributed by atoms with E-state index < -0.39 is 4.75 Å². The minimum Gasteiger partial charge on any atom is -0.421 e. The molecule has 0 aliphatic carbocycles. The van der Waals surface area contributed by atoms with Gasteiger partial charge in [-0.3, -0.25) is 19.6 Å². The number of hydrogen-bond acceptors (Lipinski definition) is 8. The normalized spacial score (nSPS) is 18.9. The number of benzene rings is 3. The molecular weight excluding hydrogens is 630 g/mol. The topological polar surface area (TPSA) is 120 Å². The quantitative estimate of drug-likeness (QED) is 0.193. The zero-order chi connectivity index (χ0) is 33.3. The first-order valence-electron chi connectivity index (χ1n) is 16.4. The van der Waals surface area contributed by atoms with Crippen LogP contribution in [0.1, 0.15) is 43.6 Å². The van der Waals surface area contributed by atoms with Crippen LogP contribution in [-0.2, 0) is 16.0 Å². The number of anilines is 1. The molecule has 2 amide bonds. The van der Waals surface area contributed by atoms with Crippen LogP contribution in [0.15, 0.2) is 71.1 Å². The fraction of sp³-hybridized carbons (Fsp3) is 0.361. The molecule has 5 aromatic rings. The molecular formula is C36H38FN7O3S. The lowest BCUT2D eigenvalue weighted by Gasteiger charge is -2.33. The van der Waals surface area contributed by atoms with Gasteiger partial charge in [0.1, 0.15) is 10.6 Å². The van der Waals surface area contributed by atoms with Crippen molar-refractivity contribution in [2.45, 2.75) is 43.3 Å². The highest BCUT2D eigenvalue weighted by molar-refractivity contribution is 8.00. The molecule has 2 N–H and O–H groups in total. The lowest BCUT2D eigenvalue weighted by Crippen LogP contribution is -2.46. The maximum absolute atomic E-state index is 13.7. The maximum atomic E-state index is 13.7. The van der Waals surface area contributed by atoms with Crippen LogP contribution in [0.4, 0.5) is 10.1 Å². The standard InChI is InChI=1S/C36H38FN7O3S/c1-3-31-40-42-34(47-31)26-6-4-23(5-7-26)24-14-17-44(18-15-24)32(45)21-43-19-16-36(22-43,48-2)35(46)38-28-12-13-30-29(20-28)33(41-39-30)25-8-10-27(37)11-9-25/h4-13,20,24H,3,14-19,21-22H2,1-2H3,(H,38,46)(H,39,41)/t36-/m0/s1. The van der Waals surface area contributed by atoms with Crippen LogP contribution in [0.25, 0.3) is 33.6 Å². The van der Waals surface area contributed by atoms with Crippen molar-refractivity contribution in [2.24, 2.45) is 0 Å². The summed E-state index contributed by atoms with van der Waals surface area (Å²) in [5.41, 5.74) is 5.14. The Bertz CT molecular complexity index is 1920. The van der Waals surface area contributed by atoms with Crippen LogP contribution in [0.2, 0.25) is 0 Å². The summed E-state index contributed by atoms with van der Waals surface area (Å²) >= 11 is 1.53. The first-order valence-corrected chi connectivity index (χ1v) is 17.6. The van der Waals surface area contributed by atoms with Gasteiger partial charge in [-0.25, -0.2) is 4.39 Å². The number of thioether (sulfide) groups is 1. The predicted octanol–water partition coefficient (Wildman–Crippen LogP) is 6.13. The van der Waals surface area contributed by atoms with Crippen molar-refractivity contribution in [1.29, 1.82) is 0 Å². The summed E-state index contributed by atoms with van der Waals surface area (Å²) in [5, 5.41) is 19.6. The van der Waals surface area contributed by atoms with Crippen LogP contribution in [-0.4, -0.2) is 85.7 Å². The second-order valence-electron chi connectivity index (χ2n) is 12.6. The van der Waals surface area contributed by atoms with Gasteiger partial charge in [-0.2, -0.15) is 5.10 Å². The lowest BCUT2D eigenvalue weighted by molar-refractivity contribution is -0.133. The number of nitrogens with one attached hydrogen (secondary N) is 2. The van der Waals surface area contributed by atoms with Gasteiger partial charge in [0.25, 0.3) is 0 Å². The lowest BCUT2D eigenvalue weighted by atomic mass is 9.89. The van der Waals surface area contributed by atoms with Crippen LogP contribution in [0.3, 0.4) is 0 Å². The van der Waals surface area contributed by atoms with E-state index in [2.05, 4.69) is 42.7 Å². The zero-order valence-corrected chi connectivity index (χ0v) is 27.9. The SMILES string of the molecule is CCc1nnc(-c2ccc(C3CCN(C(=O)CN4CC[C@@](SC)(C(=O)Nc5ccc6[nH]nc(-c7ccc(F)cc7)c6c5)C4)CC3)cc2)o1. The summed E-state index contributed by atoms with van der Waals surface area (Å²) in [6, 6.07) is 20.1. The minimum absolute atomic E-state index is 0.0761. The van der Waals surface area contributed by atoms with Gasteiger partial charge < -0.3 is 14.6 Å².